The molecule has 0 radical (unpaired) electrons. The predicted molar refractivity (Wildman–Crippen MR) is 49.0 cm³/mol. The Balaban J connectivity index is 2.01. The quantitative estimate of drug-likeness (QED) is 0.572. The van der Waals surface area contributed by atoms with Gasteiger partial charge in [0, 0.05) is 18.0 Å². The van der Waals surface area contributed by atoms with Crippen molar-refractivity contribution in [2.45, 2.75) is 57.2 Å². The molecule has 0 spiro atoms. The Morgan fingerprint density at radius 2 is 2.00 bits per heavy atom. The molecule has 1 saturated carbocycles. The number of hydrogen-bond acceptors (Lipinski definition) is 2. The van der Waals surface area contributed by atoms with Gasteiger partial charge in [-0.2, -0.15) is 0 Å². The molecular formula is C10H19NO. The highest BCUT2D eigenvalue weighted by Gasteiger charge is 2.35. The van der Waals surface area contributed by atoms with Crippen molar-refractivity contribution in [3.8, 4) is 0 Å². The first-order valence-electron chi connectivity index (χ1n) is 5.21. The number of aliphatic hydroxyl groups is 1. The third kappa shape index (κ3) is 1.50. The van der Waals surface area contributed by atoms with E-state index in [0.717, 1.165) is 6.42 Å². The highest BCUT2D eigenvalue weighted by Crippen LogP contribution is 2.32. The molecular weight excluding hydrogens is 150 g/mol. The fraction of sp³-hybridized carbons (Fsp3) is 1.00. The van der Waals surface area contributed by atoms with E-state index < -0.39 is 0 Å². The van der Waals surface area contributed by atoms with Gasteiger partial charge >= 0.3 is 0 Å². The molecule has 0 amide bonds. The minimum atomic E-state index is -0.0356. The Hall–Kier alpha value is -0.0800. The Kier molecular flexibility index (Phi) is 2.37. The van der Waals surface area contributed by atoms with Gasteiger partial charge in [0.25, 0.3) is 0 Å². The van der Waals surface area contributed by atoms with Crippen molar-refractivity contribution in [3.05, 3.63) is 0 Å². The van der Waals surface area contributed by atoms with E-state index in [1.54, 1.807) is 0 Å². The summed E-state index contributed by atoms with van der Waals surface area (Å²) in [7, 11) is 0. The van der Waals surface area contributed by atoms with Crippen LogP contribution in [0.25, 0.3) is 0 Å². The lowest BCUT2D eigenvalue weighted by molar-refractivity contribution is 0.0163. The van der Waals surface area contributed by atoms with Gasteiger partial charge < -0.3 is 10.4 Å². The normalized spacial score (nSPS) is 48.5. The molecule has 4 atom stereocenters. The average molecular weight is 169 g/mol. The molecule has 2 aliphatic rings. The number of aliphatic hydroxyl groups excluding tert-OH is 1. The van der Waals surface area contributed by atoms with E-state index in [4.69, 9.17) is 0 Å². The molecule has 2 heteroatoms. The minimum absolute atomic E-state index is 0.0356. The Bertz CT molecular complexity index is 160. The Morgan fingerprint density at radius 1 is 1.25 bits per heavy atom. The number of fused-ring (bicyclic) bond motifs is 1. The monoisotopic (exact) mass is 169 g/mol. The zero-order valence-corrected chi connectivity index (χ0v) is 7.79. The topological polar surface area (TPSA) is 32.3 Å². The predicted octanol–water partition coefficient (Wildman–Crippen LogP) is 1.29. The minimum Gasteiger partial charge on any atom is -0.393 e. The third-order valence-electron chi connectivity index (χ3n) is 3.41. The second kappa shape index (κ2) is 3.35. The first-order chi connectivity index (χ1) is 5.77. The number of nitrogens with one attached hydrogen (secondary N) is 1. The van der Waals surface area contributed by atoms with E-state index in [0.29, 0.717) is 18.0 Å². The van der Waals surface area contributed by atoms with Crippen molar-refractivity contribution in [1.29, 1.82) is 0 Å². The zero-order chi connectivity index (χ0) is 8.55. The van der Waals surface area contributed by atoms with Crippen LogP contribution in [-0.4, -0.2) is 23.3 Å². The molecule has 2 unspecified atom stereocenters. The van der Waals surface area contributed by atoms with Gasteiger partial charge in [-0.05, 0) is 26.2 Å². The van der Waals surface area contributed by atoms with E-state index in [9.17, 15) is 5.11 Å². The van der Waals surface area contributed by atoms with Gasteiger partial charge in [-0.1, -0.05) is 12.8 Å². The fourth-order valence-corrected chi connectivity index (χ4v) is 2.80. The Labute approximate surface area is 74.4 Å². The van der Waals surface area contributed by atoms with Crippen molar-refractivity contribution in [2.75, 3.05) is 0 Å². The van der Waals surface area contributed by atoms with Crippen molar-refractivity contribution in [2.24, 2.45) is 5.92 Å². The second-order valence-electron chi connectivity index (χ2n) is 4.43. The van der Waals surface area contributed by atoms with E-state index in [1.165, 1.54) is 25.7 Å². The number of hydrogen-bond donors (Lipinski definition) is 2. The summed E-state index contributed by atoms with van der Waals surface area (Å²) >= 11 is 0. The molecule has 2 fully saturated rings. The van der Waals surface area contributed by atoms with Gasteiger partial charge in [0.05, 0.1) is 6.10 Å². The van der Waals surface area contributed by atoms with Crippen molar-refractivity contribution in [1.82, 2.24) is 5.32 Å². The molecule has 1 aliphatic heterocycles. The van der Waals surface area contributed by atoms with Crippen LogP contribution in [-0.2, 0) is 0 Å². The van der Waals surface area contributed by atoms with Gasteiger partial charge in [0.15, 0.2) is 0 Å². The van der Waals surface area contributed by atoms with Gasteiger partial charge in [-0.15, -0.1) is 0 Å². The van der Waals surface area contributed by atoms with Crippen LogP contribution in [0, 0.1) is 5.92 Å². The van der Waals surface area contributed by atoms with Crippen LogP contribution in [0.1, 0.15) is 39.0 Å². The van der Waals surface area contributed by atoms with Crippen LogP contribution in [0.4, 0.5) is 0 Å². The van der Waals surface area contributed by atoms with E-state index in [2.05, 4.69) is 12.2 Å². The maximum atomic E-state index is 9.83. The van der Waals surface area contributed by atoms with Crippen LogP contribution in [0.15, 0.2) is 0 Å². The summed E-state index contributed by atoms with van der Waals surface area (Å²) < 4.78 is 0. The third-order valence-corrected chi connectivity index (χ3v) is 3.41. The van der Waals surface area contributed by atoms with Gasteiger partial charge in [-0.25, -0.2) is 0 Å². The van der Waals surface area contributed by atoms with Crippen LogP contribution in [0.3, 0.4) is 0 Å². The second-order valence-corrected chi connectivity index (χ2v) is 4.43. The molecule has 0 aromatic heterocycles. The Morgan fingerprint density at radius 3 is 2.83 bits per heavy atom. The first kappa shape index (κ1) is 8.52. The SMILES string of the molecule is C[C@@H]1C[C@H](O)C2CCCCC2N1. The number of piperidine rings is 1. The maximum Gasteiger partial charge on any atom is 0.0598 e. The summed E-state index contributed by atoms with van der Waals surface area (Å²) in [5.74, 6) is 0.551. The molecule has 0 aromatic rings. The van der Waals surface area contributed by atoms with E-state index >= 15 is 0 Å². The molecule has 12 heavy (non-hydrogen) atoms. The molecule has 1 heterocycles. The zero-order valence-electron chi connectivity index (χ0n) is 7.79. The first-order valence-corrected chi connectivity index (χ1v) is 5.21. The fourth-order valence-electron chi connectivity index (χ4n) is 2.80. The van der Waals surface area contributed by atoms with Crippen LogP contribution < -0.4 is 5.32 Å². The average Bonchev–Trinajstić information content (AvgIpc) is 2.04. The lowest BCUT2D eigenvalue weighted by Gasteiger charge is -2.42. The molecule has 1 saturated heterocycles. The molecule has 1 aliphatic carbocycles. The molecule has 0 aromatic carbocycles. The summed E-state index contributed by atoms with van der Waals surface area (Å²) in [5, 5.41) is 13.4. The van der Waals surface area contributed by atoms with Crippen molar-refractivity contribution >= 4 is 0 Å². The van der Waals surface area contributed by atoms with Crippen LogP contribution >= 0.6 is 0 Å². The van der Waals surface area contributed by atoms with Gasteiger partial charge in [0.2, 0.25) is 0 Å². The lowest BCUT2D eigenvalue weighted by Crippen LogP contribution is -2.53. The lowest BCUT2D eigenvalue weighted by atomic mass is 9.76. The summed E-state index contributed by atoms with van der Waals surface area (Å²) in [5.41, 5.74) is 0. The van der Waals surface area contributed by atoms with Crippen LogP contribution in [0.2, 0.25) is 0 Å². The summed E-state index contributed by atoms with van der Waals surface area (Å²) in [6.45, 7) is 2.17. The molecule has 70 valence electrons. The van der Waals surface area contributed by atoms with E-state index in [1.807, 2.05) is 0 Å². The van der Waals surface area contributed by atoms with Crippen molar-refractivity contribution < 1.29 is 5.11 Å². The number of rotatable bonds is 0. The van der Waals surface area contributed by atoms with Gasteiger partial charge in [0.1, 0.15) is 0 Å². The maximum absolute atomic E-state index is 9.83. The summed E-state index contributed by atoms with van der Waals surface area (Å²) in [4.78, 5) is 0. The van der Waals surface area contributed by atoms with E-state index in [-0.39, 0.29) is 6.10 Å². The highest BCUT2D eigenvalue weighted by molar-refractivity contribution is 4.92. The molecule has 2 N–H and O–H groups in total. The molecule has 2 nitrogen and oxygen atoms in total. The molecule has 0 bridgehead atoms. The van der Waals surface area contributed by atoms with Crippen LogP contribution in [0.5, 0.6) is 0 Å². The standard InChI is InChI=1S/C10H19NO/c1-7-6-10(12)8-4-2-3-5-9(8)11-7/h7-12H,2-6H2,1H3/t7-,8?,9?,10+/m1/s1. The largest absolute Gasteiger partial charge is 0.393 e. The van der Waals surface area contributed by atoms with Gasteiger partial charge in [-0.3, -0.25) is 0 Å². The smallest absolute Gasteiger partial charge is 0.0598 e. The van der Waals surface area contributed by atoms with Crippen molar-refractivity contribution in [3.63, 3.8) is 0 Å². The molecule has 2 rings (SSSR count). The summed E-state index contributed by atoms with van der Waals surface area (Å²) in [6.07, 6.45) is 6.06. The highest BCUT2D eigenvalue weighted by atomic mass is 16.3. The summed E-state index contributed by atoms with van der Waals surface area (Å²) in [6, 6.07) is 1.12.